The molecule has 5 heteroatoms. The van der Waals surface area contributed by atoms with Crippen LogP contribution >= 0.6 is 0 Å². The quantitative estimate of drug-likeness (QED) is 0.777. The molecule has 1 fully saturated rings. The van der Waals surface area contributed by atoms with Gasteiger partial charge in [-0.2, -0.15) is 0 Å². The van der Waals surface area contributed by atoms with Gasteiger partial charge in [0.25, 0.3) is 0 Å². The maximum Gasteiger partial charge on any atom is 0.315 e. The fraction of sp³-hybridized carbons (Fsp3) is 0.588. The summed E-state index contributed by atoms with van der Waals surface area (Å²) in [6.45, 7) is 2.21. The molecule has 0 radical (unpaired) electrons. The summed E-state index contributed by atoms with van der Waals surface area (Å²) in [6, 6.07) is 8.27. The molecule has 1 aliphatic carbocycles. The predicted octanol–water partition coefficient (Wildman–Crippen LogP) is 1.81. The van der Waals surface area contributed by atoms with Crippen molar-refractivity contribution in [3.05, 3.63) is 35.4 Å². The van der Waals surface area contributed by atoms with Crippen LogP contribution in [0.3, 0.4) is 0 Å². The third-order valence-corrected chi connectivity index (χ3v) is 4.35. The summed E-state index contributed by atoms with van der Waals surface area (Å²) < 4.78 is 0. The van der Waals surface area contributed by atoms with E-state index in [0.717, 1.165) is 30.4 Å². The predicted molar refractivity (Wildman–Crippen MR) is 87.8 cm³/mol. The Morgan fingerprint density at radius 2 is 2.18 bits per heavy atom. The van der Waals surface area contributed by atoms with Crippen LogP contribution in [0.15, 0.2) is 24.3 Å². The van der Waals surface area contributed by atoms with Crippen molar-refractivity contribution in [3.8, 4) is 0 Å². The van der Waals surface area contributed by atoms with Crippen molar-refractivity contribution in [2.45, 2.75) is 44.4 Å². The molecule has 0 aromatic heterocycles. The maximum atomic E-state index is 11.9. The molecule has 0 saturated heterocycles. The van der Waals surface area contributed by atoms with Crippen molar-refractivity contribution in [1.29, 1.82) is 0 Å². The fourth-order valence-electron chi connectivity index (χ4n) is 2.98. The first-order valence-corrected chi connectivity index (χ1v) is 7.91. The molecule has 0 spiro atoms. The normalized spacial score (nSPS) is 22.6. The van der Waals surface area contributed by atoms with Gasteiger partial charge in [-0.1, -0.05) is 29.8 Å². The van der Waals surface area contributed by atoms with Crippen LogP contribution in [0.1, 0.15) is 36.5 Å². The Morgan fingerprint density at radius 3 is 2.82 bits per heavy atom. The molecule has 1 aromatic rings. The maximum absolute atomic E-state index is 11.9. The van der Waals surface area contributed by atoms with E-state index in [1.54, 1.807) is 0 Å². The molecule has 3 N–H and O–H groups in total. The van der Waals surface area contributed by atoms with Crippen molar-refractivity contribution in [2.24, 2.45) is 0 Å². The van der Waals surface area contributed by atoms with E-state index in [4.69, 9.17) is 0 Å². The lowest BCUT2D eigenvalue weighted by Crippen LogP contribution is -2.43. The van der Waals surface area contributed by atoms with E-state index in [0.29, 0.717) is 6.04 Å². The molecular weight excluding hydrogens is 278 g/mol. The van der Waals surface area contributed by atoms with Crippen LogP contribution in [0, 0.1) is 6.92 Å². The Hall–Kier alpha value is -1.59. The molecule has 1 aromatic carbocycles. The highest BCUT2D eigenvalue weighted by Crippen LogP contribution is 2.22. The second-order valence-corrected chi connectivity index (χ2v) is 6.41. The van der Waals surface area contributed by atoms with E-state index in [2.05, 4.69) is 29.6 Å². The minimum Gasteiger partial charge on any atom is -0.387 e. The summed E-state index contributed by atoms with van der Waals surface area (Å²) in [6.07, 6.45) is 2.44. The Morgan fingerprint density at radius 1 is 1.41 bits per heavy atom. The van der Waals surface area contributed by atoms with Gasteiger partial charge in [-0.05, 0) is 45.8 Å². The third kappa shape index (κ3) is 4.71. The number of hydrogen-bond acceptors (Lipinski definition) is 3. The monoisotopic (exact) mass is 305 g/mol. The Balaban J connectivity index is 1.74. The standard InChI is InChI=1S/C17H27N3O2/c1-12-5-4-6-13(9-12)16(21)11-18-17(22)19-14-7-8-15(10-14)20(2)3/h4-6,9,14-16,21H,7-8,10-11H2,1-3H3,(H2,18,19,22). The molecule has 1 aliphatic rings. The first-order chi connectivity index (χ1) is 10.5. The SMILES string of the molecule is Cc1cccc(C(O)CNC(=O)NC2CCC(N(C)C)C2)c1. The molecule has 0 aliphatic heterocycles. The third-order valence-electron chi connectivity index (χ3n) is 4.35. The molecule has 2 rings (SSSR count). The molecule has 1 saturated carbocycles. The first-order valence-electron chi connectivity index (χ1n) is 7.91. The number of carbonyl (C=O) groups is 1. The number of benzene rings is 1. The number of nitrogens with one attached hydrogen (secondary N) is 2. The average Bonchev–Trinajstić information content (AvgIpc) is 2.93. The van der Waals surface area contributed by atoms with Crippen molar-refractivity contribution in [3.63, 3.8) is 0 Å². The Kier molecular flexibility index (Phi) is 5.80. The van der Waals surface area contributed by atoms with Gasteiger partial charge in [-0.15, -0.1) is 0 Å². The van der Waals surface area contributed by atoms with Gasteiger partial charge in [0.1, 0.15) is 0 Å². The zero-order valence-electron chi connectivity index (χ0n) is 13.7. The zero-order valence-corrected chi connectivity index (χ0v) is 13.7. The lowest BCUT2D eigenvalue weighted by Gasteiger charge is -2.19. The van der Waals surface area contributed by atoms with Crippen LogP contribution in [0.2, 0.25) is 0 Å². The minimum atomic E-state index is -0.677. The Bertz CT molecular complexity index is 504. The average molecular weight is 305 g/mol. The van der Waals surface area contributed by atoms with Crippen molar-refractivity contribution >= 4 is 6.03 Å². The molecule has 3 unspecified atom stereocenters. The number of nitrogens with zero attached hydrogens (tertiary/aromatic N) is 1. The second-order valence-electron chi connectivity index (χ2n) is 6.41. The zero-order chi connectivity index (χ0) is 16.1. The summed E-state index contributed by atoms with van der Waals surface area (Å²) in [5.41, 5.74) is 1.93. The number of urea groups is 1. The lowest BCUT2D eigenvalue weighted by molar-refractivity contribution is 0.172. The van der Waals surface area contributed by atoms with Gasteiger partial charge in [-0.25, -0.2) is 4.79 Å². The summed E-state index contributed by atoms with van der Waals surface area (Å²) in [7, 11) is 4.15. The molecule has 2 amide bonds. The lowest BCUT2D eigenvalue weighted by atomic mass is 10.1. The van der Waals surface area contributed by atoms with Crippen molar-refractivity contribution in [2.75, 3.05) is 20.6 Å². The first kappa shape index (κ1) is 16.8. The highest BCUT2D eigenvalue weighted by molar-refractivity contribution is 5.74. The van der Waals surface area contributed by atoms with E-state index in [1.165, 1.54) is 0 Å². The van der Waals surface area contributed by atoms with Crippen molar-refractivity contribution < 1.29 is 9.90 Å². The summed E-state index contributed by atoms with van der Waals surface area (Å²) in [4.78, 5) is 14.1. The summed E-state index contributed by atoms with van der Waals surface area (Å²) >= 11 is 0. The highest BCUT2D eigenvalue weighted by atomic mass is 16.3. The molecule has 22 heavy (non-hydrogen) atoms. The van der Waals surface area contributed by atoms with E-state index in [9.17, 15) is 9.90 Å². The summed E-state index contributed by atoms with van der Waals surface area (Å²) in [5.74, 6) is 0. The fourth-order valence-corrected chi connectivity index (χ4v) is 2.98. The van der Waals surface area contributed by atoms with E-state index < -0.39 is 6.10 Å². The number of aryl methyl sites for hydroxylation is 1. The topological polar surface area (TPSA) is 64.6 Å². The van der Waals surface area contributed by atoms with Crippen molar-refractivity contribution in [1.82, 2.24) is 15.5 Å². The molecule has 5 nitrogen and oxygen atoms in total. The van der Waals surface area contributed by atoms with Crippen LogP contribution in [0.5, 0.6) is 0 Å². The molecular formula is C17H27N3O2. The van der Waals surface area contributed by atoms with Gasteiger partial charge in [0.2, 0.25) is 0 Å². The van der Waals surface area contributed by atoms with Gasteiger partial charge in [0.15, 0.2) is 0 Å². The minimum absolute atomic E-state index is 0.198. The van der Waals surface area contributed by atoms with E-state index >= 15 is 0 Å². The van der Waals surface area contributed by atoms with Gasteiger partial charge in [0, 0.05) is 18.6 Å². The van der Waals surface area contributed by atoms with Gasteiger partial charge in [0.05, 0.1) is 6.10 Å². The number of rotatable bonds is 5. The van der Waals surface area contributed by atoms with E-state index in [-0.39, 0.29) is 18.6 Å². The number of amides is 2. The largest absolute Gasteiger partial charge is 0.387 e. The number of aliphatic hydroxyl groups is 1. The van der Waals surface area contributed by atoms with Crippen LogP contribution in [0.25, 0.3) is 0 Å². The molecule has 3 atom stereocenters. The van der Waals surface area contributed by atoms with Crippen LogP contribution in [0.4, 0.5) is 4.79 Å². The number of aliphatic hydroxyl groups excluding tert-OH is 1. The molecule has 122 valence electrons. The van der Waals surface area contributed by atoms with Gasteiger partial charge >= 0.3 is 6.03 Å². The number of carbonyl (C=O) groups excluding carboxylic acids is 1. The number of hydrogen-bond donors (Lipinski definition) is 3. The van der Waals surface area contributed by atoms with Gasteiger partial charge < -0.3 is 20.6 Å². The van der Waals surface area contributed by atoms with E-state index in [1.807, 2.05) is 31.2 Å². The van der Waals surface area contributed by atoms with Crippen LogP contribution in [-0.4, -0.2) is 48.8 Å². The van der Waals surface area contributed by atoms with Crippen LogP contribution in [-0.2, 0) is 0 Å². The molecule has 0 bridgehead atoms. The molecule has 0 heterocycles. The van der Waals surface area contributed by atoms with Gasteiger partial charge in [-0.3, -0.25) is 0 Å². The second kappa shape index (κ2) is 7.61. The smallest absolute Gasteiger partial charge is 0.315 e. The summed E-state index contributed by atoms with van der Waals surface area (Å²) in [5, 5.41) is 15.9. The van der Waals surface area contributed by atoms with Crippen LogP contribution < -0.4 is 10.6 Å². The Labute approximate surface area is 132 Å². The highest BCUT2D eigenvalue weighted by Gasteiger charge is 2.27.